The van der Waals surface area contributed by atoms with Crippen molar-refractivity contribution in [3.8, 4) is 0 Å². The molecule has 1 heterocycles. The number of carbonyl (C=O) groups excluding carboxylic acids is 2. The zero-order valence-electron chi connectivity index (χ0n) is 12.4. The molecule has 2 rings (SSSR count). The summed E-state index contributed by atoms with van der Waals surface area (Å²) in [5.74, 6) is -0.697. The second-order valence-corrected chi connectivity index (χ2v) is 5.94. The predicted octanol–water partition coefficient (Wildman–Crippen LogP) is 3.28. The number of nitrogens with one attached hydrogen (secondary N) is 1. The van der Waals surface area contributed by atoms with Crippen molar-refractivity contribution in [2.75, 3.05) is 6.54 Å². The molecule has 5 heteroatoms. The molecule has 0 unspecified atom stereocenters. The maximum Gasteiger partial charge on any atom is 0.349 e. The predicted molar refractivity (Wildman–Crippen MR) is 84.7 cm³/mol. The van der Waals surface area contributed by atoms with Gasteiger partial charge in [-0.3, -0.25) is 4.79 Å². The van der Waals surface area contributed by atoms with Crippen LogP contribution in [0.15, 0.2) is 24.3 Å². The van der Waals surface area contributed by atoms with E-state index in [4.69, 9.17) is 4.74 Å². The smallest absolute Gasteiger partial charge is 0.349 e. The summed E-state index contributed by atoms with van der Waals surface area (Å²) >= 11 is 1.40. The van der Waals surface area contributed by atoms with Crippen LogP contribution in [0.1, 0.15) is 35.5 Å². The van der Waals surface area contributed by atoms with E-state index in [1.54, 1.807) is 6.92 Å². The summed E-state index contributed by atoms with van der Waals surface area (Å²) < 4.78 is 6.31. The van der Waals surface area contributed by atoms with Crippen molar-refractivity contribution < 1.29 is 14.3 Å². The van der Waals surface area contributed by atoms with E-state index >= 15 is 0 Å². The summed E-state index contributed by atoms with van der Waals surface area (Å²) in [4.78, 5) is 24.5. The Morgan fingerprint density at radius 2 is 2.05 bits per heavy atom. The Labute approximate surface area is 128 Å². The monoisotopic (exact) mass is 305 g/mol. The van der Waals surface area contributed by atoms with Gasteiger partial charge in [0.15, 0.2) is 6.10 Å². The highest BCUT2D eigenvalue weighted by atomic mass is 32.1. The van der Waals surface area contributed by atoms with Crippen LogP contribution >= 0.6 is 11.3 Å². The zero-order valence-corrected chi connectivity index (χ0v) is 13.3. The second-order valence-electron chi connectivity index (χ2n) is 4.89. The van der Waals surface area contributed by atoms with Crippen LogP contribution in [0.5, 0.6) is 0 Å². The Balaban J connectivity index is 2.12. The summed E-state index contributed by atoms with van der Waals surface area (Å²) in [6, 6.07) is 7.84. The van der Waals surface area contributed by atoms with E-state index in [9.17, 15) is 9.59 Å². The number of esters is 1. The minimum absolute atomic E-state index is 0.260. The number of amides is 1. The highest BCUT2D eigenvalue weighted by molar-refractivity contribution is 7.21. The first kappa shape index (κ1) is 15.5. The van der Waals surface area contributed by atoms with E-state index in [2.05, 4.69) is 5.32 Å². The molecule has 0 saturated carbocycles. The van der Waals surface area contributed by atoms with Crippen LogP contribution < -0.4 is 5.32 Å². The Morgan fingerprint density at radius 1 is 1.33 bits per heavy atom. The van der Waals surface area contributed by atoms with Crippen LogP contribution in [0.2, 0.25) is 0 Å². The van der Waals surface area contributed by atoms with Crippen LogP contribution in [0.25, 0.3) is 10.1 Å². The average molecular weight is 305 g/mol. The molecule has 1 aromatic carbocycles. The molecule has 0 aliphatic heterocycles. The van der Waals surface area contributed by atoms with Crippen LogP contribution in [0.4, 0.5) is 0 Å². The fraction of sp³-hybridized carbons (Fsp3) is 0.375. The number of aryl methyl sites for hydroxylation is 1. The van der Waals surface area contributed by atoms with E-state index in [1.807, 2.05) is 38.1 Å². The van der Waals surface area contributed by atoms with Gasteiger partial charge in [-0.25, -0.2) is 4.79 Å². The fourth-order valence-electron chi connectivity index (χ4n) is 2.03. The van der Waals surface area contributed by atoms with Crippen LogP contribution in [-0.4, -0.2) is 24.5 Å². The molecule has 0 aliphatic rings. The fourth-order valence-corrected chi connectivity index (χ4v) is 3.12. The van der Waals surface area contributed by atoms with Crippen molar-refractivity contribution in [3.63, 3.8) is 0 Å². The molecule has 0 radical (unpaired) electrons. The van der Waals surface area contributed by atoms with E-state index in [1.165, 1.54) is 11.3 Å². The number of carbonyl (C=O) groups is 2. The van der Waals surface area contributed by atoms with Crippen LogP contribution in [0, 0.1) is 6.92 Å². The number of fused-ring (bicyclic) bond motifs is 1. The lowest BCUT2D eigenvalue weighted by molar-refractivity contribution is -0.129. The van der Waals surface area contributed by atoms with E-state index in [0.29, 0.717) is 11.4 Å². The molecule has 0 saturated heterocycles. The van der Waals surface area contributed by atoms with Crippen molar-refractivity contribution in [2.24, 2.45) is 0 Å². The van der Waals surface area contributed by atoms with Gasteiger partial charge in [0.1, 0.15) is 4.88 Å². The third-order valence-corrected chi connectivity index (χ3v) is 4.48. The first-order chi connectivity index (χ1) is 10.0. The largest absolute Gasteiger partial charge is 0.448 e. The van der Waals surface area contributed by atoms with E-state index < -0.39 is 12.1 Å². The van der Waals surface area contributed by atoms with Crippen molar-refractivity contribution in [1.82, 2.24) is 5.32 Å². The third kappa shape index (κ3) is 3.42. The van der Waals surface area contributed by atoms with Gasteiger partial charge >= 0.3 is 5.97 Å². The van der Waals surface area contributed by atoms with Gasteiger partial charge < -0.3 is 10.1 Å². The normalized spacial score (nSPS) is 12.1. The van der Waals surface area contributed by atoms with Crippen LogP contribution in [-0.2, 0) is 9.53 Å². The topological polar surface area (TPSA) is 55.4 Å². The molecule has 1 atom stereocenters. The molecule has 0 bridgehead atoms. The van der Waals surface area contributed by atoms with Crippen molar-refractivity contribution in [2.45, 2.75) is 33.3 Å². The molecule has 21 heavy (non-hydrogen) atoms. The summed E-state index contributed by atoms with van der Waals surface area (Å²) in [5, 5.41) is 3.77. The molecule has 2 aromatic rings. The number of hydrogen-bond acceptors (Lipinski definition) is 4. The maximum absolute atomic E-state index is 12.2. The number of rotatable bonds is 5. The Kier molecular flexibility index (Phi) is 4.96. The summed E-state index contributed by atoms with van der Waals surface area (Å²) in [6.07, 6.45) is 0.0654. The van der Waals surface area contributed by atoms with E-state index in [-0.39, 0.29) is 5.91 Å². The number of ether oxygens (including phenoxy) is 1. The van der Waals surface area contributed by atoms with Crippen molar-refractivity contribution in [1.29, 1.82) is 0 Å². The van der Waals surface area contributed by atoms with Gasteiger partial charge in [-0.15, -0.1) is 11.3 Å². The van der Waals surface area contributed by atoms with Gasteiger partial charge in [0.25, 0.3) is 5.91 Å². The minimum atomic E-state index is -0.784. The Hall–Kier alpha value is -1.88. The average Bonchev–Trinajstić information content (AvgIpc) is 2.82. The molecule has 0 fully saturated rings. The number of benzene rings is 1. The quantitative estimate of drug-likeness (QED) is 0.862. The Bertz CT molecular complexity index is 663. The number of hydrogen-bond donors (Lipinski definition) is 1. The summed E-state index contributed by atoms with van der Waals surface area (Å²) in [6.45, 7) is 6.04. The van der Waals surface area contributed by atoms with Crippen LogP contribution in [0.3, 0.4) is 0 Å². The summed E-state index contributed by atoms with van der Waals surface area (Å²) in [7, 11) is 0. The zero-order chi connectivity index (χ0) is 15.4. The van der Waals surface area contributed by atoms with E-state index in [0.717, 1.165) is 22.1 Å². The molecular formula is C16H19NO3S. The molecule has 0 spiro atoms. The molecule has 1 N–H and O–H groups in total. The highest BCUT2D eigenvalue weighted by Crippen LogP contribution is 2.31. The molecule has 0 aliphatic carbocycles. The Morgan fingerprint density at radius 3 is 2.71 bits per heavy atom. The minimum Gasteiger partial charge on any atom is -0.448 e. The molecule has 4 nitrogen and oxygen atoms in total. The van der Waals surface area contributed by atoms with Gasteiger partial charge in [0, 0.05) is 11.2 Å². The molecular weight excluding hydrogens is 286 g/mol. The van der Waals surface area contributed by atoms with Crippen molar-refractivity contribution in [3.05, 3.63) is 34.7 Å². The first-order valence-electron chi connectivity index (χ1n) is 7.01. The number of thiophene rings is 1. The third-order valence-electron chi connectivity index (χ3n) is 3.23. The molecule has 1 amide bonds. The van der Waals surface area contributed by atoms with Gasteiger partial charge in [0.2, 0.25) is 0 Å². The first-order valence-corrected chi connectivity index (χ1v) is 7.83. The second kappa shape index (κ2) is 6.72. The van der Waals surface area contributed by atoms with Gasteiger partial charge in [-0.05, 0) is 37.3 Å². The van der Waals surface area contributed by atoms with Gasteiger partial charge in [-0.2, -0.15) is 0 Å². The lowest BCUT2D eigenvalue weighted by Gasteiger charge is -2.12. The molecule has 1 aromatic heterocycles. The van der Waals surface area contributed by atoms with Gasteiger partial charge in [0.05, 0.1) is 0 Å². The lowest BCUT2D eigenvalue weighted by Crippen LogP contribution is -2.36. The molecule has 112 valence electrons. The summed E-state index contributed by atoms with van der Waals surface area (Å²) in [5.41, 5.74) is 0.904. The highest BCUT2D eigenvalue weighted by Gasteiger charge is 2.22. The standard InChI is InChI=1S/C16H19NO3S/c1-4-9-17-15(18)11(3)20-16(19)14-10(2)12-7-5-6-8-13(12)21-14/h5-8,11H,4,9H2,1-3H3,(H,17,18)/t11-/m1/s1. The lowest BCUT2D eigenvalue weighted by atomic mass is 10.1. The SMILES string of the molecule is CCCNC(=O)[C@@H](C)OC(=O)c1sc2ccccc2c1C. The van der Waals surface area contributed by atoms with Crippen molar-refractivity contribution >= 4 is 33.3 Å². The van der Waals surface area contributed by atoms with Gasteiger partial charge in [-0.1, -0.05) is 25.1 Å². The maximum atomic E-state index is 12.2.